The van der Waals surface area contributed by atoms with E-state index in [1.54, 1.807) is 0 Å². The fourth-order valence-electron chi connectivity index (χ4n) is 4.49. The Morgan fingerprint density at radius 1 is 1.29 bits per heavy atom. The highest BCUT2D eigenvalue weighted by Crippen LogP contribution is 2.42. The van der Waals surface area contributed by atoms with Gasteiger partial charge in [0.2, 0.25) is 0 Å². The lowest BCUT2D eigenvalue weighted by Crippen LogP contribution is -2.45. The average Bonchev–Trinajstić information content (AvgIpc) is 3.31. The Morgan fingerprint density at radius 2 is 1.97 bits per heavy atom. The zero-order chi connectivity index (χ0) is 23.1. The number of hydrogen-bond donors (Lipinski definition) is 1. The molecule has 0 unspecified atom stereocenters. The average molecular weight is 447 g/mol. The summed E-state index contributed by atoms with van der Waals surface area (Å²) in [5, 5.41) is 8.87. The molecule has 4 nitrogen and oxygen atoms in total. The smallest absolute Gasteiger partial charge is 0.307 e. The van der Waals surface area contributed by atoms with Gasteiger partial charge >= 0.3 is 5.97 Å². The Balaban J connectivity index is 1.96. The van der Waals surface area contributed by atoms with Crippen molar-refractivity contribution in [2.24, 2.45) is 11.8 Å². The van der Waals surface area contributed by atoms with Gasteiger partial charge in [-0.2, -0.15) is 0 Å². The van der Waals surface area contributed by atoms with Crippen LogP contribution in [0.4, 0.5) is 0 Å². The number of ketones is 1. The summed E-state index contributed by atoms with van der Waals surface area (Å²) in [4.78, 5) is 23.0. The van der Waals surface area contributed by atoms with Crippen LogP contribution in [-0.4, -0.2) is 31.3 Å². The van der Waals surface area contributed by atoms with Gasteiger partial charge in [0.25, 0.3) is 0 Å². The minimum Gasteiger partial charge on any atom is -0.481 e. The Hall–Kier alpha value is -1.42. The zero-order valence-electron chi connectivity index (χ0n) is 20.2. The molecule has 2 aliphatic carbocycles. The van der Waals surface area contributed by atoms with Crippen LogP contribution in [-0.2, 0) is 14.0 Å². The van der Waals surface area contributed by atoms with E-state index in [0.717, 1.165) is 25.7 Å². The third-order valence-corrected chi connectivity index (χ3v) is 11.9. The van der Waals surface area contributed by atoms with E-state index in [1.807, 2.05) is 6.08 Å². The summed E-state index contributed by atoms with van der Waals surface area (Å²) >= 11 is 0. The molecule has 0 aromatic carbocycles. The third-order valence-electron chi connectivity index (χ3n) is 7.41. The fourth-order valence-corrected chi connectivity index (χ4v) is 5.91. The molecule has 0 aromatic rings. The molecule has 0 amide bonds. The Kier molecular flexibility index (Phi) is 9.54. The highest BCUT2D eigenvalue weighted by atomic mass is 28.4. The first-order valence-corrected chi connectivity index (χ1v) is 14.9. The molecule has 2 aliphatic rings. The molecular formula is C26H42O4Si. The highest BCUT2D eigenvalue weighted by molar-refractivity contribution is 6.74. The normalized spacial score (nSPS) is 21.0. The van der Waals surface area contributed by atoms with E-state index in [1.165, 1.54) is 37.3 Å². The number of hydrogen-bond acceptors (Lipinski definition) is 3. The first-order valence-electron chi connectivity index (χ1n) is 12.0. The van der Waals surface area contributed by atoms with E-state index in [0.29, 0.717) is 24.2 Å². The summed E-state index contributed by atoms with van der Waals surface area (Å²) in [5.41, 5.74) is 4.21. The molecule has 1 fully saturated rings. The topological polar surface area (TPSA) is 63.6 Å². The zero-order valence-corrected chi connectivity index (χ0v) is 21.2. The van der Waals surface area contributed by atoms with Crippen molar-refractivity contribution in [3.8, 4) is 0 Å². The number of carboxylic acids is 1. The standard InChI is InChI=1S/C26H42O4Si/c1-26(2,3)31(4,5)30-24(21-12-10-11-13-21)19-17-20-16-18-23(27)22(20)14-8-6-7-9-15-25(28)29/h6,9,16,21-22,24H,8,10-15,17-19H2,1-5H3,(H,28,29)/t7?,22-,24+/m1/s1. The lowest BCUT2D eigenvalue weighted by molar-refractivity contribution is -0.136. The summed E-state index contributed by atoms with van der Waals surface area (Å²) in [7, 11) is -1.83. The minimum absolute atomic E-state index is 0.00891. The van der Waals surface area contributed by atoms with Crippen molar-refractivity contribution in [1.82, 2.24) is 0 Å². The lowest BCUT2D eigenvalue weighted by atomic mass is 9.89. The molecule has 0 spiro atoms. The van der Waals surface area contributed by atoms with Gasteiger partial charge < -0.3 is 9.53 Å². The van der Waals surface area contributed by atoms with Crippen LogP contribution in [0.1, 0.15) is 85.0 Å². The minimum atomic E-state index is -1.83. The van der Waals surface area contributed by atoms with Gasteiger partial charge in [0.1, 0.15) is 5.78 Å². The van der Waals surface area contributed by atoms with Crippen molar-refractivity contribution in [3.63, 3.8) is 0 Å². The van der Waals surface area contributed by atoms with E-state index in [4.69, 9.17) is 9.53 Å². The molecule has 2 atom stereocenters. The predicted octanol–water partition coefficient (Wildman–Crippen LogP) is 6.83. The maximum Gasteiger partial charge on any atom is 0.307 e. The SMILES string of the molecule is CC(C)(C)[Si](C)(C)O[C@@H](CCC1=CCC(=O)[C@@H]1CCC=C=CCC(=O)O)C1CCCC1. The summed E-state index contributed by atoms with van der Waals surface area (Å²) in [6.07, 6.45) is 15.0. The number of Topliss-reactive ketones (excluding diaryl/α,β-unsaturated/α-hetero) is 1. The molecule has 0 aliphatic heterocycles. The molecule has 0 heterocycles. The Labute approximate surface area is 190 Å². The summed E-state index contributed by atoms with van der Waals surface area (Å²) in [5.74, 6) is 0.136. The number of rotatable bonds is 11. The Bertz CT molecular complexity index is 716. The van der Waals surface area contributed by atoms with E-state index in [-0.39, 0.29) is 17.4 Å². The number of carboxylic acid groups (broad SMARTS) is 1. The third kappa shape index (κ3) is 7.89. The summed E-state index contributed by atoms with van der Waals surface area (Å²) in [6, 6.07) is 0. The van der Waals surface area contributed by atoms with Crippen LogP contribution in [0.5, 0.6) is 0 Å². The van der Waals surface area contributed by atoms with Gasteiger partial charge in [-0.1, -0.05) is 45.3 Å². The Morgan fingerprint density at radius 3 is 2.58 bits per heavy atom. The van der Waals surface area contributed by atoms with Gasteiger partial charge in [-0.05, 0) is 74.7 Å². The van der Waals surface area contributed by atoms with Gasteiger partial charge in [0, 0.05) is 18.4 Å². The van der Waals surface area contributed by atoms with Crippen LogP contribution in [0.3, 0.4) is 0 Å². The molecule has 0 bridgehead atoms. The molecule has 2 rings (SSSR count). The van der Waals surface area contributed by atoms with Crippen LogP contribution >= 0.6 is 0 Å². The second-order valence-electron chi connectivity index (χ2n) is 10.8. The van der Waals surface area contributed by atoms with E-state index >= 15 is 0 Å². The quantitative estimate of drug-likeness (QED) is 0.215. The van der Waals surface area contributed by atoms with Crippen LogP contribution in [0.2, 0.25) is 18.1 Å². The van der Waals surface area contributed by atoms with Gasteiger partial charge in [-0.25, -0.2) is 0 Å². The number of carbonyl (C=O) groups excluding carboxylic acids is 1. The van der Waals surface area contributed by atoms with Crippen molar-refractivity contribution in [1.29, 1.82) is 0 Å². The van der Waals surface area contributed by atoms with Gasteiger partial charge in [-0.3, -0.25) is 9.59 Å². The van der Waals surface area contributed by atoms with Crippen molar-refractivity contribution in [3.05, 3.63) is 29.5 Å². The summed E-state index contributed by atoms with van der Waals surface area (Å²) in [6.45, 7) is 11.6. The van der Waals surface area contributed by atoms with Gasteiger partial charge in [0.05, 0.1) is 6.42 Å². The van der Waals surface area contributed by atoms with Crippen molar-refractivity contribution in [2.45, 2.75) is 109 Å². The van der Waals surface area contributed by atoms with Crippen molar-refractivity contribution >= 4 is 20.1 Å². The molecule has 1 N–H and O–H groups in total. The van der Waals surface area contributed by atoms with E-state index in [2.05, 4.69) is 45.7 Å². The van der Waals surface area contributed by atoms with Crippen molar-refractivity contribution in [2.75, 3.05) is 0 Å². The van der Waals surface area contributed by atoms with Gasteiger partial charge in [0.15, 0.2) is 8.32 Å². The van der Waals surface area contributed by atoms with E-state index < -0.39 is 14.3 Å². The van der Waals surface area contributed by atoms with Crippen LogP contribution in [0.25, 0.3) is 0 Å². The second-order valence-corrected chi connectivity index (χ2v) is 15.5. The maximum absolute atomic E-state index is 12.5. The van der Waals surface area contributed by atoms with E-state index in [9.17, 15) is 9.59 Å². The molecule has 1 saturated carbocycles. The molecule has 31 heavy (non-hydrogen) atoms. The fraction of sp³-hybridized carbons (Fsp3) is 0.731. The molecule has 174 valence electrons. The lowest BCUT2D eigenvalue weighted by Gasteiger charge is -2.41. The monoisotopic (exact) mass is 446 g/mol. The van der Waals surface area contributed by atoms with Crippen LogP contribution in [0.15, 0.2) is 29.5 Å². The molecular weight excluding hydrogens is 404 g/mol. The largest absolute Gasteiger partial charge is 0.481 e. The van der Waals surface area contributed by atoms with Crippen LogP contribution in [0, 0.1) is 11.8 Å². The number of allylic oxidation sites excluding steroid dienone is 2. The van der Waals surface area contributed by atoms with Crippen molar-refractivity contribution < 1.29 is 19.1 Å². The maximum atomic E-state index is 12.5. The predicted molar refractivity (Wildman–Crippen MR) is 129 cm³/mol. The molecule has 0 saturated heterocycles. The van der Waals surface area contributed by atoms with Crippen LogP contribution < -0.4 is 0 Å². The second kappa shape index (κ2) is 11.4. The molecule has 0 radical (unpaired) electrons. The van der Waals surface area contributed by atoms with Gasteiger partial charge in [-0.15, -0.1) is 5.73 Å². The first-order chi connectivity index (χ1) is 14.5. The number of carbonyl (C=O) groups is 2. The highest BCUT2D eigenvalue weighted by Gasteiger charge is 2.41. The molecule has 0 aromatic heterocycles. The first kappa shape index (κ1) is 25.8. The summed E-state index contributed by atoms with van der Waals surface area (Å²) < 4.78 is 6.91. The number of aliphatic carboxylic acids is 1. The molecule has 5 heteroatoms.